The lowest BCUT2D eigenvalue weighted by Crippen LogP contribution is -2.24. The van der Waals surface area contributed by atoms with Gasteiger partial charge in [0.25, 0.3) is 0 Å². The molecule has 2 rings (SSSR count). The highest BCUT2D eigenvalue weighted by Gasteiger charge is 2.27. The van der Waals surface area contributed by atoms with Crippen LogP contribution < -0.4 is 0 Å². The van der Waals surface area contributed by atoms with Crippen molar-refractivity contribution in [3.8, 4) is 0 Å². The van der Waals surface area contributed by atoms with Gasteiger partial charge < -0.3 is 0 Å². The molecule has 4 heteroatoms. The van der Waals surface area contributed by atoms with E-state index in [2.05, 4.69) is 9.98 Å². The highest BCUT2D eigenvalue weighted by molar-refractivity contribution is 5.33. The molecule has 0 radical (unpaired) electrons. The van der Waals surface area contributed by atoms with Crippen molar-refractivity contribution in [2.45, 2.75) is 69.9 Å². The minimum Gasteiger partial charge on any atom is -0.211 e. The van der Waals surface area contributed by atoms with Crippen LogP contribution in [0.4, 0.5) is 0 Å². The van der Waals surface area contributed by atoms with Crippen LogP contribution in [-0.2, 0) is 9.59 Å². The predicted molar refractivity (Wildman–Crippen MR) is 72.4 cm³/mol. The molecule has 4 atom stereocenters. The van der Waals surface area contributed by atoms with Crippen LogP contribution in [0.25, 0.3) is 0 Å². The van der Waals surface area contributed by atoms with Crippen molar-refractivity contribution in [2.75, 3.05) is 0 Å². The summed E-state index contributed by atoms with van der Waals surface area (Å²) >= 11 is 0. The largest absolute Gasteiger partial charge is 0.235 e. The first-order valence-corrected chi connectivity index (χ1v) is 7.45. The number of aliphatic imine (C=N–C) groups is 2. The van der Waals surface area contributed by atoms with Gasteiger partial charge in [0.05, 0.1) is 12.1 Å². The SMILES string of the molecule is O=C=NC1CCCC(CC2CCCC(N=C=O)C2)C1. The average Bonchev–Trinajstić information content (AvgIpc) is 2.40. The van der Waals surface area contributed by atoms with Crippen molar-refractivity contribution >= 4 is 12.2 Å². The summed E-state index contributed by atoms with van der Waals surface area (Å²) in [6.07, 6.45) is 13.6. The molecule has 2 saturated carbocycles. The molecule has 0 saturated heterocycles. The Kier molecular flexibility index (Phi) is 5.50. The maximum Gasteiger partial charge on any atom is 0.235 e. The topological polar surface area (TPSA) is 58.9 Å². The fraction of sp³-hybridized carbons (Fsp3) is 0.867. The van der Waals surface area contributed by atoms with E-state index >= 15 is 0 Å². The van der Waals surface area contributed by atoms with Gasteiger partial charge in [0.1, 0.15) is 0 Å². The molecule has 0 bridgehead atoms. The van der Waals surface area contributed by atoms with Gasteiger partial charge in [-0.25, -0.2) is 19.6 Å². The monoisotopic (exact) mass is 262 g/mol. The smallest absolute Gasteiger partial charge is 0.211 e. The van der Waals surface area contributed by atoms with Crippen molar-refractivity contribution in [1.29, 1.82) is 0 Å². The number of hydrogen-bond donors (Lipinski definition) is 0. The van der Waals surface area contributed by atoms with Crippen molar-refractivity contribution in [2.24, 2.45) is 21.8 Å². The summed E-state index contributed by atoms with van der Waals surface area (Å²) in [4.78, 5) is 28.5. The minimum absolute atomic E-state index is 0.198. The second kappa shape index (κ2) is 7.37. The molecule has 0 N–H and O–H groups in total. The van der Waals surface area contributed by atoms with Crippen LogP contribution in [-0.4, -0.2) is 24.2 Å². The van der Waals surface area contributed by atoms with E-state index in [1.54, 1.807) is 12.2 Å². The first-order valence-electron chi connectivity index (χ1n) is 7.45. The van der Waals surface area contributed by atoms with Crippen LogP contribution in [0.3, 0.4) is 0 Å². The van der Waals surface area contributed by atoms with E-state index in [1.165, 1.54) is 32.1 Å². The lowest BCUT2D eigenvalue weighted by atomic mass is 9.75. The molecule has 0 aliphatic heterocycles. The molecule has 19 heavy (non-hydrogen) atoms. The van der Waals surface area contributed by atoms with Crippen LogP contribution >= 0.6 is 0 Å². The molecule has 2 aliphatic carbocycles. The van der Waals surface area contributed by atoms with Gasteiger partial charge in [0, 0.05) is 0 Å². The zero-order chi connectivity index (χ0) is 13.5. The summed E-state index contributed by atoms with van der Waals surface area (Å²) < 4.78 is 0. The Hall–Kier alpha value is -1.24. The third-order valence-corrected chi connectivity index (χ3v) is 4.65. The molecule has 104 valence electrons. The molecule has 4 unspecified atom stereocenters. The molecule has 0 aromatic rings. The van der Waals surface area contributed by atoms with Crippen molar-refractivity contribution < 1.29 is 9.59 Å². The normalized spacial score (nSPS) is 34.9. The Morgan fingerprint density at radius 2 is 1.26 bits per heavy atom. The highest BCUT2D eigenvalue weighted by Crippen LogP contribution is 2.36. The van der Waals surface area contributed by atoms with Crippen LogP contribution in [0, 0.1) is 11.8 Å². The fourth-order valence-electron chi connectivity index (χ4n) is 3.81. The number of carbonyl (C=O) groups excluding carboxylic acids is 2. The molecule has 0 spiro atoms. The van der Waals surface area contributed by atoms with Gasteiger partial charge in [-0.05, 0) is 43.9 Å². The van der Waals surface area contributed by atoms with Gasteiger partial charge in [-0.1, -0.05) is 25.7 Å². The Morgan fingerprint density at radius 3 is 1.68 bits per heavy atom. The fourth-order valence-corrected chi connectivity index (χ4v) is 3.81. The lowest BCUT2D eigenvalue weighted by molar-refractivity contribution is 0.221. The molecule has 0 heterocycles. The zero-order valence-electron chi connectivity index (χ0n) is 11.4. The summed E-state index contributed by atoms with van der Waals surface area (Å²) in [6, 6.07) is 0.396. The van der Waals surface area contributed by atoms with E-state index in [0.717, 1.165) is 25.7 Å². The van der Waals surface area contributed by atoms with Crippen LogP contribution in [0.1, 0.15) is 57.8 Å². The number of hydrogen-bond acceptors (Lipinski definition) is 4. The van der Waals surface area contributed by atoms with Crippen molar-refractivity contribution in [3.63, 3.8) is 0 Å². The third-order valence-electron chi connectivity index (χ3n) is 4.65. The maximum absolute atomic E-state index is 10.3. The Balaban J connectivity index is 1.82. The number of isocyanates is 2. The maximum atomic E-state index is 10.3. The first kappa shape index (κ1) is 14.2. The van der Waals surface area contributed by atoms with E-state index in [1.807, 2.05) is 0 Å². The van der Waals surface area contributed by atoms with E-state index in [4.69, 9.17) is 0 Å². The zero-order valence-corrected chi connectivity index (χ0v) is 11.4. The third kappa shape index (κ3) is 4.41. The summed E-state index contributed by atoms with van der Waals surface area (Å²) in [5, 5.41) is 0. The highest BCUT2D eigenvalue weighted by atomic mass is 16.1. The molecule has 2 aliphatic rings. The molecular formula is C15H22N2O2. The van der Waals surface area contributed by atoms with Gasteiger partial charge in [0.2, 0.25) is 12.2 Å². The van der Waals surface area contributed by atoms with Crippen molar-refractivity contribution in [1.82, 2.24) is 0 Å². The molecule has 4 nitrogen and oxygen atoms in total. The molecule has 0 aromatic carbocycles. The predicted octanol–water partition coefficient (Wildman–Crippen LogP) is 3.17. The average molecular weight is 262 g/mol. The van der Waals surface area contributed by atoms with Crippen LogP contribution in [0.15, 0.2) is 9.98 Å². The van der Waals surface area contributed by atoms with Gasteiger partial charge >= 0.3 is 0 Å². The molecule has 2 fully saturated rings. The van der Waals surface area contributed by atoms with Gasteiger partial charge in [0.15, 0.2) is 0 Å². The second-order valence-electron chi connectivity index (χ2n) is 6.05. The van der Waals surface area contributed by atoms with E-state index in [9.17, 15) is 9.59 Å². The summed E-state index contributed by atoms with van der Waals surface area (Å²) in [5.41, 5.74) is 0. The lowest BCUT2D eigenvalue weighted by Gasteiger charge is -2.32. The van der Waals surface area contributed by atoms with E-state index in [-0.39, 0.29) is 12.1 Å². The van der Waals surface area contributed by atoms with E-state index in [0.29, 0.717) is 11.8 Å². The Morgan fingerprint density at radius 1 is 0.789 bits per heavy atom. The summed E-state index contributed by atoms with van der Waals surface area (Å²) in [7, 11) is 0. The Bertz CT molecular complexity index is 348. The van der Waals surface area contributed by atoms with Gasteiger partial charge in [-0.15, -0.1) is 0 Å². The molecular weight excluding hydrogens is 240 g/mol. The summed E-state index contributed by atoms with van der Waals surface area (Å²) in [5.74, 6) is 1.36. The quantitative estimate of drug-likeness (QED) is 0.577. The number of nitrogens with zero attached hydrogens (tertiary/aromatic N) is 2. The standard InChI is InChI=1S/C15H22N2O2/c18-10-16-14-5-1-3-12(8-14)7-13-4-2-6-15(9-13)17-11-19/h12-15H,1-9H2. The van der Waals surface area contributed by atoms with Crippen LogP contribution in [0.5, 0.6) is 0 Å². The second-order valence-corrected chi connectivity index (χ2v) is 6.05. The van der Waals surface area contributed by atoms with Gasteiger partial charge in [-0.2, -0.15) is 0 Å². The summed E-state index contributed by atoms with van der Waals surface area (Å²) in [6.45, 7) is 0. The molecule has 0 amide bonds. The Labute approximate surface area is 114 Å². The minimum atomic E-state index is 0.198. The van der Waals surface area contributed by atoms with E-state index < -0.39 is 0 Å². The van der Waals surface area contributed by atoms with Gasteiger partial charge in [-0.3, -0.25) is 0 Å². The number of rotatable bonds is 4. The first-order chi connectivity index (χ1) is 9.31. The molecule has 0 aromatic heterocycles. The van der Waals surface area contributed by atoms with Crippen molar-refractivity contribution in [3.05, 3.63) is 0 Å². The van der Waals surface area contributed by atoms with Crippen LogP contribution in [0.2, 0.25) is 0 Å².